The van der Waals surface area contributed by atoms with Gasteiger partial charge < -0.3 is 4.57 Å². The molecule has 0 spiro atoms. The Morgan fingerprint density at radius 3 is 2.55 bits per heavy atom. The second-order valence-electron chi connectivity index (χ2n) is 7.25. The van der Waals surface area contributed by atoms with Crippen molar-refractivity contribution in [3.05, 3.63) is 88.6 Å². The number of rotatable bonds is 5. The maximum absolute atomic E-state index is 13.0. The van der Waals surface area contributed by atoms with E-state index in [4.69, 9.17) is 23.8 Å². The molecule has 1 fully saturated rings. The van der Waals surface area contributed by atoms with E-state index in [1.54, 1.807) is 12.2 Å². The van der Waals surface area contributed by atoms with Gasteiger partial charge in [0.25, 0.3) is 11.8 Å². The first-order chi connectivity index (χ1) is 14.9. The van der Waals surface area contributed by atoms with Crippen LogP contribution in [0.2, 0.25) is 5.02 Å². The van der Waals surface area contributed by atoms with Gasteiger partial charge in [-0.25, -0.2) is 0 Å². The van der Waals surface area contributed by atoms with Crippen LogP contribution in [0.3, 0.4) is 0 Å². The van der Waals surface area contributed by atoms with Gasteiger partial charge in [0.1, 0.15) is 5.57 Å². The summed E-state index contributed by atoms with van der Waals surface area (Å²) in [5.41, 5.74) is 3.94. The minimum Gasteiger partial charge on any atom is -0.340 e. The molecule has 156 valence electrons. The number of fused-ring (bicyclic) bond motifs is 1. The Balaban J connectivity index is 1.82. The summed E-state index contributed by atoms with van der Waals surface area (Å²) in [5.74, 6) is -0.924. The molecule has 0 bridgehead atoms. The van der Waals surface area contributed by atoms with Gasteiger partial charge in [0.05, 0.1) is 0 Å². The van der Waals surface area contributed by atoms with Crippen LogP contribution in [0.15, 0.2) is 66.8 Å². The highest BCUT2D eigenvalue weighted by molar-refractivity contribution is 7.80. The van der Waals surface area contributed by atoms with Crippen LogP contribution in [0.25, 0.3) is 17.0 Å². The Hall–Kier alpha value is -3.22. The van der Waals surface area contributed by atoms with E-state index in [1.807, 2.05) is 55.5 Å². The van der Waals surface area contributed by atoms with E-state index in [9.17, 15) is 9.59 Å². The first kappa shape index (κ1) is 21.0. The molecule has 7 heteroatoms. The summed E-state index contributed by atoms with van der Waals surface area (Å²) in [6, 6.07) is 15.6. The van der Waals surface area contributed by atoms with Crippen LogP contribution in [0, 0.1) is 6.92 Å². The van der Waals surface area contributed by atoms with E-state index in [0.717, 1.165) is 27.7 Å². The SMILES string of the molecule is C=CCN1C(=O)/C(=C/c2c(C)n(Cc3ccc(Cl)cc3)c3ccccc23)C(=O)NC1=S. The van der Waals surface area contributed by atoms with E-state index < -0.39 is 11.8 Å². The molecule has 1 aliphatic rings. The van der Waals surface area contributed by atoms with E-state index >= 15 is 0 Å². The van der Waals surface area contributed by atoms with Crippen LogP contribution in [0.5, 0.6) is 0 Å². The largest absolute Gasteiger partial charge is 0.340 e. The smallest absolute Gasteiger partial charge is 0.265 e. The normalized spacial score (nSPS) is 15.6. The standard InChI is InChI=1S/C24H20ClN3O2S/c1-3-12-27-23(30)20(22(29)26-24(27)31)13-19-15(2)28(21-7-5-4-6-18(19)21)14-16-8-10-17(25)11-9-16/h3-11,13H,1,12,14H2,2H3,(H,26,29,31)/b20-13+. The van der Waals surface area contributed by atoms with Crippen LogP contribution in [-0.2, 0) is 16.1 Å². The lowest BCUT2D eigenvalue weighted by Gasteiger charge is -2.27. The number of carbonyl (C=O) groups is 2. The van der Waals surface area contributed by atoms with Crippen molar-refractivity contribution in [1.29, 1.82) is 0 Å². The molecule has 1 aliphatic heterocycles. The van der Waals surface area contributed by atoms with Gasteiger partial charge in [0, 0.05) is 40.3 Å². The van der Waals surface area contributed by atoms with Crippen LogP contribution < -0.4 is 5.32 Å². The molecule has 0 unspecified atom stereocenters. The highest BCUT2D eigenvalue weighted by Gasteiger charge is 2.33. The summed E-state index contributed by atoms with van der Waals surface area (Å²) in [7, 11) is 0. The third-order valence-electron chi connectivity index (χ3n) is 5.32. The fourth-order valence-electron chi connectivity index (χ4n) is 3.75. The Bertz CT molecular complexity index is 1260. The summed E-state index contributed by atoms with van der Waals surface area (Å²) in [6.45, 7) is 6.51. The molecule has 0 radical (unpaired) electrons. The van der Waals surface area contributed by atoms with Crippen molar-refractivity contribution in [1.82, 2.24) is 14.8 Å². The van der Waals surface area contributed by atoms with Crippen LogP contribution in [0.1, 0.15) is 16.8 Å². The van der Waals surface area contributed by atoms with Crippen molar-refractivity contribution in [2.24, 2.45) is 0 Å². The number of para-hydroxylation sites is 1. The van der Waals surface area contributed by atoms with Gasteiger partial charge in [-0.3, -0.25) is 19.8 Å². The zero-order valence-electron chi connectivity index (χ0n) is 16.9. The summed E-state index contributed by atoms with van der Waals surface area (Å²) in [4.78, 5) is 26.9. The summed E-state index contributed by atoms with van der Waals surface area (Å²) < 4.78 is 2.17. The van der Waals surface area contributed by atoms with E-state index in [1.165, 1.54) is 4.90 Å². The molecule has 5 nitrogen and oxygen atoms in total. The van der Waals surface area contributed by atoms with Gasteiger partial charge >= 0.3 is 0 Å². The number of amides is 2. The lowest BCUT2D eigenvalue weighted by Crippen LogP contribution is -2.53. The maximum atomic E-state index is 13.0. The van der Waals surface area contributed by atoms with Crippen LogP contribution in [0.4, 0.5) is 0 Å². The Labute approximate surface area is 190 Å². The van der Waals surface area contributed by atoms with Crippen molar-refractivity contribution in [3.63, 3.8) is 0 Å². The first-order valence-electron chi connectivity index (χ1n) is 9.72. The number of hydrogen-bond acceptors (Lipinski definition) is 3. The summed E-state index contributed by atoms with van der Waals surface area (Å²) in [6.07, 6.45) is 3.23. The minimum absolute atomic E-state index is 0.0490. The molecule has 0 saturated carbocycles. The van der Waals surface area contributed by atoms with Gasteiger partial charge in [0.15, 0.2) is 5.11 Å². The van der Waals surface area contributed by atoms with Crippen molar-refractivity contribution in [2.45, 2.75) is 13.5 Å². The predicted molar refractivity (Wildman–Crippen MR) is 128 cm³/mol. The summed E-state index contributed by atoms with van der Waals surface area (Å²) >= 11 is 11.2. The van der Waals surface area contributed by atoms with Crippen molar-refractivity contribution in [2.75, 3.05) is 6.54 Å². The Kier molecular flexibility index (Phi) is 5.76. The summed E-state index contributed by atoms with van der Waals surface area (Å²) in [5, 5.41) is 4.34. The number of hydrogen-bond donors (Lipinski definition) is 1. The molecular weight excluding hydrogens is 430 g/mol. The number of carbonyl (C=O) groups excluding carboxylic acids is 2. The van der Waals surface area contributed by atoms with Crippen LogP contribution >= 0.6 is 23.8 Å². The predicted octanol–water partition coefficient (Wildman–Crippen LogP) is 4.46. The number of benzene rings is 2. The van der Waals surface area contributed by atoms with Crippen molar-refractivity contribution >= 4 is 57.7 Å². The third-order valence-corrected chi connectivity index (χ3v) is 5.89. The molecule has 4 rings (SSSR count). The third kappa shape index (κ3) is 3.92. The highest BCUT2D eigenvalue weighted by atomic mass is 35.5. The highest BCUT2D eigenvalue weighted by Crippen LogP contribution is 2.30. The second-order valence-corrected chi connectivity index (χ2v) is 8.07. The van der Waals surface area contributed by atoms with Crippen molar-refractivity contribution in [3.8, 4) is 0 Å². The monoisotopic (exact) mass is 449 g/mol. The number of nitrogens with zero attached hydrogens (tertiary/aromatic N) is 2. The number of nitrogens with one attached hydrogen (secondary N) is 1. The zero-order chi connectivity index (χ0) is 22.1. The molecule has 2 heterocycles. The zero-order valence-corrected chi connectivity index (χ0v) is 18.5. The lowest BCUT2D eigenvalue weighted by molar-refractivity contribution is -0.128. The molecular formula is C24H20ClN3O2S. The maximum Gasteiger partial charge on any atom is 0.265 e. The average Bonchev–Trinajstić information content (AvgIpc) is 3.01. The number of halogens is 1. The Morgan fingerprint density at radius 1 is 1.13 bits per heavy atom. The van der Waals surface area contributed by atoms with E-state index in [-0.39, 0.29) is 17.2 Å². The Morgan fingerprint density at radius 2 is 1.84 bits per heavy atom. The molecule has 1 saturated heterocycles. The van der Waals surface area contributed by atoms with Crippen LogP contribution in [-0.4, -0.2) is 32.9 Å². The van der Waals surface area contributed by atoms with E-state index in [2.05, 4.69) is 16.5 Å². The average molecular weight is 450 g/mol. The fraction of sp³-hybridized carbons (Fsp3) is 0.125. The molecule has 2 amide bonds. The topological polar surface area (TPSA) is 54.3 Å². The molecule has 1 aromatic heterocycles. The van der Waals surface area contributed by atoms with Gasteiger partial charge in [-0.1, -0.05) is 48.0 Å². The molecule has 3 aromatic rings. The fourth-order valence-corrected chi connectivity index (χ4v) is 4.13. The van der Waals surface area contributed by atoms with Gasteiger partial charge in [-0.15, -0.1) is 6.58 Å². The molecule has 1 N–H and O–H groups in total. The lowest BCUT2D eigenvalue weighted by atomic mass is 10.0. The second kappa shape index (κ2) is 8.49. The number of aromatic nitrogens is 1. The molecule has 0 atom stereocenters. The van der Waals surface area contributed by atoms with E-state index in [0.29, 0.717) is 11.6 Å². The first-order valence-corrected chi connectivity index (χ1v) is 10.5. The van der Waals surface area contributed by atoms with Gasteiger partial charge in [0.2, 0.25) is 0 Å². The van der Waals surface area contributed by atoms with Gasteiger partial charge in [-0.2, -0.15) is 0 Å². The van der Waals surface area contributed by atoms with Crippen molar-refractivity contribution < 1.29 is 9.59 Å². The number of thiocarbonyl (C=S) groups is 1. The molecule has 2 aromatic carbocycles. The minimum atomic E-state index is -0.496. The molecule has 31 heavy (non-hydrogen) atoms. The quantitative estimate of drug-likeness (QED) is 0.271. The van der Waals surface area contributed by atoms with Gasteiger partial charge in [-0.05, 0) is 49.0 Å². The molecule has 0 aliphatic carbocycles.